The number of H-pyrrole nitrogens is 1. The summed E-state index contributed by atoms with van der Waals surface area (Å²) in [6, 6.07) is 5.87. The second-order valence-electron chi connectivity index (χ2n) is 13.6. The molecule has 0 saturated carbocycles. The largest absolute Gasteiger partial charge is 0.461 e. The van der Waals surface area contributed by atoms with Crippen molar-refractivity contribution in [2.75, 3.05) is 37.7 Å². The molecule has 4 atom stereocenters. The van der Waals surface area contributed by atoms with E-state index >= 15 is 0 Å². The van der Waals surface area contributed by atoms with Crippen molar-refractivity contribution in [2.24, 2.45) is 0 Å². The van der Waals surface area contributed by atoms with Gasteiger partial charge >= 0.3 is 12.2 Å². The molecule has 4 aliphatic heterocycles. The summed E-state index contributed by atoms with van der Waals surface area (Å²) in [6.07, 6.45) is 0.207. The Hall–Kier alpha value is -4.13. The lowest BCUT2D eigenvalue weighted by molar-refractivity contribution is -0.137. The Morgan fingerprint density at radius 2 is 1.98 bits per heavy atom. The Morgan fingerprint density at radius 1 is 1.17 bits per heavy atom. The molecule has 0 radical (unpaired) electrons. The number of aromatic nitrogens is 5. The molecule has 4 aliphatic rings. The topological polar surface area (TPSA) is 119 Å². The van der Waals surface area contributed by atoms with Crippen molar-refractivity contribution < 1.29 is 22.3 Å². The van der Waals surface area contributed by atoms with Gasteiger partial charge in [-0.3, -0.25) is 15.0 Å². The predicted molar refractivity (Wildman–Crippen MR) is 173 cm³/mol. The summed E-state index contributed by atoms with van der Waals surface area (Å²) in [7, 11) is 0. The minimum absolute atomic E-state index is 0.00623. The van der Waals surface area contributed by atoms with Gasteiger partial charge in [0.15, 0.2) is 5.69 Å². The van der Waals surface area contributed by atoms with Gasteiger partial charge in [0, 0.05) is 60.7 Å². The van der Waals surface area contributed by atoms with E-state index < -0.39 is 23.5 Å². The van der Waals surface area contributed by atoms with Crippen LogP contribution in [0.5, 0.6) is 6.01 Å². The fraction of sp³-hybridized carbons (Fsp3) is 0.485. The molecule has 0 spiro atoms. The number of piperazine rings is 1. The van der Waals surface area contributed by atoms with Crippen LogP contribution in [0.25, 0.3) is 42.5 Å². The summed E-state index contributed by atoms with van der Waals surface area (Å²) in [6.45, 7) is 4.33. The van der Waals surface area contributed by atoms with E-state index in [-0.39, 0.29) is 40.5 Å². The average molecular weight is 678 g/mol. The maximum Gasteiger partial charge on any atom is 0.417 e. The molecule has 0 aliphatic carbocycles. The minimum atomic E-state index is -4.73. The summed E-state index contributed by atoms with van der Waals surface area (Å²) in [4.78, 5) is 19.3. The third-order valence-electron chi connectivity index (χ3n) is 10.6. The van der Waals surface area contributed by atoms with E-state index in [1.807, 2.05) is 6.07 Å². The molecule has 15 heteroatoms. The molecular formula is C33H31F4N9OS. The van der Waals surface area contributed by atoms with E-state index in [1.165, 1.54) is 30.5 Å². The number of aryl methyl sites for hydroxylation is 1. The lowest BCUT2D eigenvalue weighted by atomic mass is 9.93. The smallest absolute Gasteiger partial charge is 0.417 e. The van der Waals surface area contributed by atoms with Gasteiger partial charge in [-0.2, -0.15) is 33.5 Å². The van der Waals surface area contributed by atoms with Crippen molar-refractivity contribution in [3.63, 3.8) is 0 Å². The molecule has 5 aromatic rings. The number of hydrogen-bond donors (Lipinski definition) is 2. The number of thiophene rings is 1. The first-order valence-electron chi connectivity index (χ1n) is 16.2. The van der Waals surface area contributed by atoms with Crippen molar-refractivity contribution in [3.8, 4) is 23.3 Å². The highest BCUT2D eigenvalue weighted by Gasteiger charge is 2.49. The molecule has 4 fully saturated rings. The van der Waals surface area contributed by atoms with Crippen molar-refractivity contribution in [1.82, 2.24) is 35.4 Å². The van der Waals surface area contributed by atoms with Crippen molar-refractivity contribution >= 4 is 48.4 Å². The van der Waals surface area contributed by atoms with Crippen LogP contribution in [-0.2, 0) is 6.18 Å². The van der Waals surface area contributed by atoms with Gasteiger partial charge in [-0.1, -0.05) is 0 Å². The maximum atomic E-state index is 14.8. The monoisotopic (exact) mass is 677 g/mol. The minimum Gasteiger partial charge on any atom is -0.461 e. The van der Waals surface area contributed by atoms with Gasteiger partial charge in [-0.25, -0.2) is 4.39 Å². The number of rotatable bonds is 5. The number of benzene rings is 1. The number of alkyl halides is 4. The highest BCUT2D eigenvalue weighted by molar-refractivity contribution is 7.26. The lowest BCUT2D eigenvalue weighted by Crippen LogP contribution is -2.51. The number of halogens is 4. The zero-order valence-electron chi connectivity index (χ0n) is 26.0. The van der Waals surface area contributed by atoms with E-state index in [4.69, 9.17) is 14.7 Å². The molecule has 10 nitrogen and oxygen atoms in total. The molecule has 8 heterocycles. The molecule has 2 unspecified atom stereocenters. The van der Waals surface area contributed by atoms with Crippen LogP contribution in [0.1, 0.15) is 48.9 Å². The fourth-order valence-electron chi connectivity index (χ4n) is 8.66. The third-order valence-corrected chi connectivity index (χ3v) is 11.7. The van der Waals surface area contributed by atoms with E-state index in [9.17, 15) is 22.8 Å². The molecule has 4 saturated heterocycles. The van der Waals surface area contributed by atoms with Gasteiger partial charge in [-0.05, 0) is 56.8 Å². The van der Waals surface area contributed by atoms with Gasteiger partial charge in [0.1, 0.15) is 29.5 Å². The molecule has 0 amide bonds. The number of nitrogens with zero attached hydrogens (tertiary/aromatic N) is 7. The molecule has 4 aromatic heterocycles. The molecule has 48 heavy (non-hydrogen) atoms. The first-order chi connectivity index (χ1) is 23.1. The van der Waals surface area contributed by atoms with Gasteiger partial charge in [0.25, 0.3) is 0 Å². The van der Waals surface area contributed by atoms with Gasteiger partial charge in [0.2, 0.25) is 0 Å². The quantitative estimate of drug-likeness (QED) is 0.220. The van der Waals surface area contributed by atoms with Gasteiger partial charge in [-0.15, -0.1) is 11.3 Å². The highest BCUT2D eigenvalue weighted by Crippen LogP contribution is 2.49. The van der Waals surface area contributed by atoms with Crippen LogP contribution in [0.2, 0.25) is 0 Å². The third kappa shape index (κ3) is 4.56. The average Bonchev–Trinajstić information content (AvgIpc) is 3.85. The Kier molecular flexibility index (Phi) is 6.67. The summed E-state index contributed by atoms with van der Waals surface area (Å²) < 4.78 is 65.8. The van der Waals surface area contributed by atoms with Crippen LogP contribution in [0.3, 0.4) is 0 Å². The van der Waals surface area contributed by atoms with Crippen LogP contribution in [-0.4, -0.2) is 86.6 Å². The zero-order valence-corrected chi connectivity index (χ0v) is 26.8. The Labute approximate surface area is 276 Å². The number of pyridine rings is 1. The molecule has 1 aromatic carbocycles. The maximum absolute atomic E-state index is 14.8. The van der Waals surface area contributed by atoms with Crippen LogP contribution < -0.4 is 15.0 Å². The summed E-state index contributed by atoms with van der Waals surface area (Å²) >= 11 is 1.23. The second kappa shape index (κ2) is 10.7. The van der Waals surface area contributed by atoms with E-state index in [2.05, 4.69) is 30.3 Å². The lowest BCUT2D eigenvalue weighted by Gasteiger charge is -2.34. The molecule has 248 valence electrons. The Bertz CT molecular complexity index is 2150. The standard InChI is InChI=1S/C33H31F4N9OS/c1-16-9-21-24(22(11-38)44-43-21)25(26(16)33(35,36)37)27-28-20(5-7-39-27)23-29(45-13-18-3-4-19(14-45)40-18)41-31(42-30(23)48-28)47-15-32-6-2-8-46(32)12-17(34)10-32/h5,7,9,17-19,40H,2-4,6,8,10,12-15H2,1H3,(H,43,44)/t17-,18?,19?,32+/m1/s1. The number of fused-ring (bicyclic) bond motifs is 7. The summed E-state index contributed by atoms with van der Waals surface area (Å²) in [5.41, 5.74) is -1.16. The molecular weight excluding hydrogens is 646 g/mol. The van der Waals surface area contributed by atoms with Crippen LogP contribution in [0.15, 0.2) is 18.3 Å². The van der Waals surface area contributed by atoms with Crippen LogP contribution >= 0.6 is 11.3 Å². The summed E-state index contributed by atoms with van der Waals surface area (Å²) in [5, 5.41) is 21.7. The van der Waals surface area contributed by atoms with Crippen molar-refractivity contribution in [3.05, 3.63) is 35.2 Å². The number of ether oxygens (including phenoxy) is 1. The SMILES string of the molecule is Cc1cc2[nH]nc(C#N)c2c(-c2nccc3c2sc2nc(OC[C@@]45CCCN4C[C@H](F)C5)nc(N4CC5CCC(C4)N5)c23)c1C(F)(F)F. The van der Waals surface area contributed by atoms with Gasteiger partial charge < -0.3 is 15.0 Å². The number of nitrogens with one attached hydrogen (secondary N) is 2. The predicted octanol–water partition coefficient (Wildman–Crippen LogP) is 5.88. The number of nitriles is 1. The van der Waals surface area contributed by atoms with Gasteiger partial charge in [0.05, 0.1) is 32.4 Å². The van der Waals surface area contributed by atoms with Crippen molar-refractivity contribution in [1.29, 1.82) is 5.26 Å². The fourth-order valence-corrected chi connectivity index (χ4v) is 9.81. The first kappa shape index (κ1) is 30.0. The Balaban J connectivity index is 1.25. The van der Waals surface area contributed by atoms with E-state index in [0.717, 1.165) is 50.7 Å². The zero-order chi connectivity index (χ0) is 32.9. The first-order valence-corrected chi connectivity index (χ1v) is 17.0. The van der Waals surface area contributed by atoms with Crippen LogP contribution in [0, 0.1) is 18.3 Å². The van der Waals surface area contributed by atoms with E-state index in [0.29, 0.717) is 51.3 Å². The highest BCUT2D eigenvalue weighted by atomic mass is 32.1. The molecule has 2 N–H and O–H groups in total. The number of aromatic amines is 1. The normalized spacial score (nSPS) is 25.8. The Morgan fingerprint density at radius 3 is 2.75 bits per heavy atom. The second-order valence-corrected chi connectivity index (χ2v) is 14.6. The van der Waals surface area contributed by atoms with Crippen molar-refractivity contribution in [2.45, 2.75) is 69.0 Å². The van der Waals surface area contributed by atoms with E-state index in [1.54, 1.807) is 6.07 Å². The summed E-state index contributed by atoms with van der Waals surface area (Å²) in [5.74, 6) is 0.666. The number of hydrogen-bond acceptors (Lipinski definition) is 10. The number of anilines is 1. The molecule has 9 rings (SSSR count). The van der Waals surface area contributed by atoms with Crippen LogP contribution in [0.4, 0.5) is 23.4 Å². The molecule has 2 bridgehead atoms.